The summed E-state index contributed by atoms with van der Waals surface area (Å²) in [5.74, 6) is -1.95. The van der Waals surface area contributed by atoms with E-state index in [-0.39, 0.29) is 28.8 Å². The van der Waals surface area contributed by atoms with Crippen molar-refractivity contribution in [2.24, 2.45) is 11.8 Å². The van der Waals surface area contributed by atoms with E-state index in [9.17, 15) is 19.8 Å². The van der Waals surface area contributed by atoms with E-state index in [1.807, 2.05) is 16.3 Å². The van der Waals surface area contributed by atoms with Crippen LogP contribution in [0.15, 0.2) is 23.3 Å². The van der Waals surface area contributed by atoms with Crippen LogP contribution in [-0.4, -0.2) is 54.1 Å². The quantitative estimate of drug-likeness (QED) is 0.557. The first-order valence-corrected chi connectivity index (χ1v) is 8.83. The second-order valence-corrected chi connectivity index (χ2v) is 7.98. The molecule has 0 aliphatic carbocycles. The highest BCUT2D eigenvalue weighted by molar-refractivity contribution is 8.03. The number of hydrogen-bond acceptors (Lipinski definition) is 5. The molecule has 3 aliphatic rings. The molecule has 1 aromatic heterocycles. The first-order chi connectivity index (χ1) is 11.4. The fourth-order valence-corrected chi connectivity index (χ4v) is 5.49. The van der Waals surface area contributed by atoms with E-state index in [1.54, 1.807) is 19.6 Å². The van der Waals surface area contributed by atoms with Crippen LogP contribution in [0.5, 0.6) is 0 Å². The number of carboxylic acid groups (broad SMARTS) is 1. The van der Waals surface area contributed by atoms with Gasteiger partial charge in [0, 0.05) is 10.8 Å². The summed E-state index contributed by atoms with van der Waals surface area (Å²) in [4.78, 5) is 30.3. The standard InChI is InChI=1S/C15H18N4O4S/c1-7-11-10(8(2)20)14(21)19(11)12(15(22)23)13(7)24-9-3-17-5-16-6-18(17)4-9/h5-11,20H,3-4H2,1-2H3/p+1/t7-,8-,10-,11+/m0/s1. The van der Waals surface area contributed by atoms with Crippen molar-refractivity contribution in [3.05, 3.63) is 23.3 Å². The van der Waals surface area contributed by atoms with Crippen molar-refractivity contribution in [1.29, 1.82) is 0 Å². The normalized spacial score (nSPS) is 32.6. The van der Waals surface area contributed by atoms with E-state index in [2.05, 4.69) is 4.98 Å². The van der Waals surface area contributed by atoms with Gasteiger partial charge in [0.15, 0.2) is 0 Å². The van der Waals surface area contributed by atoms with Crippen molar-refractivity contribution in [3.63, 3.8) is 0 Å². The zero-order valence-corrected chi connectivity index (χ0v) is 14.2. The number of aromatic nitrogens is 3. The van der Waals surface area contributed by atoms with Crippen LogP contribution < -0.4 is 4.68 Å². The van der Waals surface area contributed by atoms with Crippen LogP contribution in [0, 0.1) is 11.8 Å². The molecule has 1 fully saturated rings. The lowest BCUT2D eigenvalue weighted by Gasteiger charge is -2.46. The van der Waals surface area contributed by atoms with Crippen LogP contribution in [0.1, 0.15) is 13.8 Å². The van der Waals surface area contributed by atoms with E-state index in [4.69, 9.17) is 0 Å². The van der Waals surface area contributed by atoms with Gasteiger partial charge in [0.1, 0.15) is 12.2 Å². The van der Waals surface area contributed by atoms with E-state index in [0.717, 1.165) is 18.0 Å². The summed E-state index contributed by atoms with van der Waals surface area (Å²) >= 11 is 1.54. The molecule has 1 saturated heterocycles. The third-order valence-electron chi connectivity index (χ3n) is 5.12. The Morgan fingerprint density at radius 1 is 1.54 bits per heavy atom. The third-order valence-corrected chi connectivity index (χ3v) is 6.57. The Morgan fingerprint density at radius 3 is 2.92 bits per heavy atom. The lowest BCUT2D eigenvalue weighted by molar-refractivity contribution is -0.758. The van der Waals surface area contributed by atoms with Crippen LogP contribution in [0.4, 0.5) is 0 Å². The SMILES string of the molecule is C[C@H](O)[C@@H]1C(=O)N2C(C(=O)O)=C(SC3Cn4cnc[n+]4C3)[C@@H](C)[C@H]12. The number of carbonyl (C=O) groups excluding carboxylic acids is 1. The van der Waals surface area contributed by atoms with Crippen molar-refractivity contribution in [2.75, 3.05) is 0 Å². The molecule has 2 N–H and O–H groups in total. The number of aliphatic hydroxyl groups excluding tert-OH is 1. The van der Waals surface area contributed by atoms with Crippen molar-refractivity contribution in [1.82, 2.24) is 14.6 Å². The van der Waals surface area contributed by atoms with Gasteiger partial charge in [-0.1, -0.05) is 6.92 Å². The Morgan fingerprint density at radius 2 is 2.29 bits per heavy atom. The summed E-state index contributed by atoms with van der Waals surface area (Å²) in [5.41, 5.74) is 0.0964. The maximum Gasteiger partial charge on any atom is 0.353 e. The molecule has 9 heteroatoms. The molecule has 1 aromatic rings. The molecule has 0 unspecified atom stereocenters. The van der Waals surface area contributed by atoms with E-state index in [0.29, 0.717) is 0 Å². The molecule has 4 heterocycles. The molecule has 0 saturated carbocycles. The summed E-state index contributed by atoms with van der Waals surface area (Å²) in [6.07, 6.45) is 2.74. The molecule has 4 atom stereocenters. The van der Waals surface area contributed by atoms with Gasteiger partial charge < -0.3 is 15.1 Å². The molecule has 0 aromatic carbocycles. The monoisotopic (exact) mass is 351 g/mol. The number of carbonyl (C=O) groups is 2. The molecule has 0 radical (unpaired) electrons. The summed E-state index contributed by atoms with van der Waals surface area (Å²) in [6.45, 7) is 5.05. The predicted octanol–water partition coefficient (Wildman–Crippen LogP) is -0.560. The molecule has 24 heavy (non-hydrogen) atoms. The molecular weight excluding hydrogens is 332 g/mol. The molecule has 0 spiro atoms. The lowest BCUT2D eigenvalue weighted by Crippen LogP contribution is -2.63. The first-order valence-electron chi connectivity index (χ1n) is 7.95. The van der Waals surface area contributed by atoms with Crippen molar-refractivity contribution >= 4 is 23.6 Å². The fraction of sp³-hybridized carbons (Fsp3) is 0.600. The minimum Gasteiger partial charge on any atom is -0.477 e. The van der Waals surface area contributed by atoms with Crippen LogP contribution >= 0.6 is 11.8 Å². The second-order valence-electron chi connectivity index (χ2n) is 6.64. The van der Waals surface area contributed by atoms with Gasteiger partial charge in [-0.25, -0.2) is 4.79 Å². The Balaban J connectivity index is 1.61. The molecule has 1 amide bonds. The minimum atomic E-state index is -1.07. The Kier molecular flexibility index (Phi) is 3.47. The Bertz CT molecular complexity index is 738. The number of aliphatic hydroxyl groups is 1. The van der Waals surface area contributed by atoms with Crippen molar-refractivity contribution < 1.29 is 24.5 Å². The van der Waals surface area contributed by atoms with Crippen LogP contribution in [0.3, 0.4) is 0 Å². The number of hydrogen-bond donors (Lipinski definition) is 2. The van der Waals surface area contributed by atoms with E-state index >= 15 is 0 Å². The smallest absolute Gasteiger partial charge is 0.353 e. The maximum absolute atomic E-state index is 12.3. The number of fused-ring (bicyclic) bond motifs is 2. The Hall–Kier alpha value is -1.87. The average Bonchev–Trinajstić information content (AvgIpc) is 3.12. The highest BCUT2D eigenvalue weighted by Crippen LogP contribution is 2.51. The zero-order chi connectivity index (χ0) is 17.2. The van der Waals surface area contributed by atoms with Gasteiger partial charge in [0.05, 0.1) is 29.9 Å². The predicted molar refractivity (Wildman–Crippen MR) is 83.4 cm³/mol. The first kappa shape index (κ1) is 15.6. The summed E-state index contributed by atoms with van der Waals surface area (Å²) < 4.78 is 3.99. The highest BCUT2D eigenvalue weighted by Gasteiger charge is 2.60. The van der Waals surface area contributed by atoms with Crippen molar-refractivity contribution in [2.45, 2.75) is 44.3 Å². The van der Waals surface area contributed by atoms with Gasteiger partial charge in [-0.3, -0.25) is 4.79 Å². The number of thioether (sulfide) groups is 1. The van der Waals surface area contributed by atoms with Gasteiger partial charge in [0.2, 0.25) is 12.2 Å². The van der Waals surface area contributed by atoms with Gasteiger partial charge in [-0.2, -0.15) is 9.36 Å². The molecule has 0 bridgehead atoms. The second kappa shape index (κ2) is 5.32. The molecule has 8 nitrogen and oxygen atoms in total. The molecular formula is C15H19N4O4S+. The highest BCUT2D eigenvalue weighted by atomic mass is 32.2. The summed E-state index contributed by atoms with van der Waals surface area (Å²) in [5, 5.41) is 19.7. The summed E-state index contributed by atoms with van der Waals surface area (Å²) in [7, 11) is 0. The number of carboxylic acids is 1. The number of β-lactam (4-membered cyclic amide) rings is 1. The van der Waals surface area contributed by atoms with Gasteiger partial charge in [0.25, 0.3) is 0 Å². The lowest BCUT2D eigenvalue weighted by atomic mass is 9.79. The molecule has 128 valence electrons. The van der Waals surface area contributed by atoms with Gasteiger partial charge >= 0.3 is 12.3 Å². The van der Waals surface area contributed by atoms with Crippen LogP contribution in [-0.2, 0) is 22.7 Å². The molecule has 4 rings (SSSR count). The van der Waals surface area contributed by atoms with Gasteiger partial charge in [-0.15, -0.1) is 11.8 Å². The largest absolute Gasteiger partial charge is 0.477 e. The third kappa shape index (κ3) is 2.04. The zero-order valence-electron chi connectivity index (χ0n) is 13.4. The van der Waals surface area contributed by atoms with E-state index in [1.165, 1.54) is 16.7 Å². The average molecular weight is 351 g/mol. The maximum atomic E-state index is 12.3. The van der Waals surface area contributed by atoms with Crippen LogP contribution in [0.25, 0.3) is 0 Å². The van der Waals surface area contributed by atoms with Gasteiger partial charge in [-0.05, 0) is 11.9 Å². The minimum absolute atomic E-state index is 0.0820. The topological polar surface area (TPSA) is 99.5 Å². The Labute approximate surface area is 142 Å². The van der Waals surface area contributed by atoms with Crippen molar-refractivity contribution in [3.8, 4) is 0 Å². The number of amides is 1. The number of nitrogens with zero attached hydrogens (tertiary/aromatic N) is 4. The molecule has 3 aliphatic heterocycles. The van der Waals surface area contributed by atoms with Crippen LogP contribution in [0.2, 0.25) is 0 Å². The van der Waals surface area contributed by atoms with E-state index < -0.39 is 18.0 Å². The summed E-state index contributed by atoms with van der Waals surface area (Å²) in [6, 6.07) is -0.249. The fourth-order valence-electron chi connectivity index (χ4n) is 4.03. The number of rotatable bonds is 4. The number of aliphatic carboxylic acids is 1.